The first-order valence-electron chi connectivity index (χ1n) is 19.8. The minimum absolute atomic E-state index is 0.148. The van der Waals surface area contributed by atoms with Gasteiger partial charge in [-0.05, 0) is 75.0 Å². The lowest BCUT2D eigenvalue weighted by Crippen LogP contribution is -2.16. The molecular weight excluding hydrogens is 709 g/mol. The molecule has 58 heavy (non-hydrogen) atoms. The van der Waals surface area contributed by atoms with Crippen LogP contribution in [0.5, 0.6) is 0 Å². The van der Waals surface area contributed by atoms with E-state index >= 15 is 0 Å². The first-order chi connectivity index (χ1) is 28.5. The van der Waals surface area contributed by atoms with Crippen LogP contribution in [0.4, 0.5) is 17.1 Å². The molecule has 1 aliphatic carbocycles. The highest BCUT2D eigenvalue weighted by molar-refractivity contribution is 6.20. The third-order valence-corrected chi connectivity index (χ3v) is 11.7. The molecule has 10 aromatic rings. The Hall–Kier alpha value is -7.37. The monoisotopic (exact) mass is 746 g/mol. The van der Waals surface area contributed by atoms with Crippen LogP contribution in [0.15, 0.2) is 186 Å². The summed E-state index contributed by atoms with van der Waals surface area (Å²) < 4.78 is 6.86. The SMILES string of the molecule is CC1(C)c2ccccc2-c2ccc(N(c3ccccc3)c3cc(Cc4nc(-c5ccccc5)nc(-c5ccccc5)n4)c4c(c3)oc3ccc5ccccc5c34)cc21. The minimum Gasteiger partial charge on any atom is -0.456 e. The van der Waals surface area contributed by atoms with E-state index in [0.717, 1.165) is 61.1 Å². The molecule has 2 aromatic heterocycles. The highest BCUT2D eigenvalue weighted by Gasteiger charge is 2.36. The smallest absolute Gasteiger partial charge is 0.163 e. The molecule has 0 atom stereocenters. The second kappa shape index (κ2) is 13.4. The van der Waals surface area contributed by atoms with Crippen molar-refractivity contribution in [2.75, 3.05) is 4.90 Å². The number of benzene rings is 8. The van der Waals surface area contributed by atoms with Gasteiger partial charge in [0.1, 0.15) is 17.0 Å². The van der Waals surface area contributed by atoms with Crippen molar-refractivity contribution in [3.63, 3.8) is 0 Å². The maximum Gasteiger partial charge on any atom is 0.163 e. The third-order valence-electron chi connectivity index (χ3n) is 11.7. The fraction of sp³-hybridized carbons (Fsp3) is 0.0755. The molecule has 0 N–H and O–H groups in total. The first kappa shape index (κ1) is 33.9. The van der Waals surface area contributed by atoms with Crippen LogP contribution < -0.4 is 4.90 Å². The van der Waals surface area contributed by atoms with Crippen LogP contribution in [0, 0.1) is 0 Å². The van der Waals surface area contributed by atoms with E-state index in [1.54, 1.807) is 0 Å². The van der Waals surface area contributed by atoms with Gasteiger partial charge in [-0.15, -0.1) is 0 Å². The molecule has 8 aromatic carbocycles. The predicted molar refractivity (Wildman–Crippen MR) is 237 cm³/mol. The average Bonchev–Trinajstić information content (AvgIpc) is 3.77. The van der Waals surface area contributed by atoms with Crippen molar-refractivity contribution < 1.29 is 4.42 Å². The Bertz CT molecular complexity index is 3110. The molecule has 0 spiro atoms. The van der Waals surface area contributed by atoms with Gasteiger partial charge in [-0.25, -0.2) is 15.0 Å². The van der Waals surface area contributed by atoms with Gasteiger partial charge in [0, 0.05) is 51.2 Å². The number of rotatable bonds is 7. The van der Waals surface area contributed by atoms with Crippen LogP contribution in [0.25, 0.3) is 66.6 Å². The Morgan fingerprint density at radius 1 is 0.483 bits per heavy atom. The summed E-state index contributed by atoms with van der Waals surface area (Å²) in [5.74, 6) is 1.98. The molecule has 276 valence electrons. The van der Waals surface area contributed by atoms with Gasteiger partial charge in [0.05, 0.1) is 5.69 Å². The summed E-state index contributed by atoms with van der Waals surface area (Å²) in [6.07, 6.45) is 0.458. The Morgan fingerprint density at radius 3 is 1.86 bits per heavy atom. The van der Waals surface area contributed by atoms with Crippen molar-refractivity contribution in [3.05, 3.63) is 205 Å². The summed E-state index contributed by atoms with van der Waals surface area (Å²) in [6.45, 7) is 4.67. The molecule has 0 unspecified atom stereocenters. The van der Waals surface area contributed by atoms with Crippen LogP contribution in [-0.4, -0.2) is 15.0 Å². The first-order valence-corrected chi connectivity index (χ1v) is 19.8. The molecule has 0 radical (unpaired) electrons. The molecule has 5 nitrogen and oxygen atoms in total. The number of hydrogen-bond acceptors (Lipinski definition) is 5. The van der Waals surface area contributed by atoms with Gasteiger partial charge >= 0.3 is 0 Å². The lowest BCUT2D eigenvalue weighted by molar-refractivity contribution is 0.660. The zero-order valence-corrected chi connectivity index (χ0v) is 32.2. The fourth-order valence-electron chi connectivity index (χ4n) is 8.96. The largest absolute Gasteiger partial charge is 0.456 e. The summed E-state index contributed by atoms with van der Waals surface area (Å²) in [5, 5.41) is 4.48. The van der Waals surface area contributed by atoms with E-state index in [4.69, 9.17) is 19.4 Å². The molecule has 2 heterocycles. The molecule has 1 aliphatic rings. The average molecular weight is 747 g/mol. The molecule has 5 heteroatoms. The molecular formula is C53H38N4O. The number of anilines is 3. The van der Waals surface area contributed by atoms with Crippen molar-refractivity contribution in [1.82, 2.24) is 15.0 Å². The quantitative estimate of drug-likeness (QED) is 0.163. The highest BCUT2D eigenvalue weighted by atomic mass is 16.3. The van der Waals surface area contributed by atoms with Crippen LogP contribution in [0.2, 0.25) is 0 Å². The molecule has 0 bridgehead atoms. The zero-order valence-electron chi connectivity index (χ0n) is 32.2. The fourth-order valence-corrected chi connectivity index (χ4v) is 8.96. The summed E-state index contributed by atoms with van der Waals surface area (Å²) in [7, 11) is 0. The number of furan rings is 1. The molecule has 0 fully saturated rings. The second-order valence-electron chi connectivity index (χ2n) is 15.6. The topological polar surface area (TPSA) is 55.1 Å². The number of nitrogens with zero attached hydrogens (tertiary/aromatic N) is 4. The van der Waals surface area contributed by atoms with Gasteiger partial charge in [0.15, 0.2) is 11.6 Å². The van der Waals surface area contributed by atoms with Gasteiger partial charge in [-0.3, -0.25) is 0 Å². The van der Waals surface area contributed by atoms with E-state index in [-0.39, 0.29) is 5.41 Å². The van der Waals surface area contributed by atoms with E-state index in [9.17, 15) is 0 Å². The van der Waals surface area contributed by atoms with Crippen LogP contribution in [0.3, 0.4) is 0 Å². The summed E-state index contributed by atoms with van der Waals surface area (Å²) in [6, 6.07) is 64.0. The maximum absolute atomic E-state index is 6.86. The lowest BCUT2D eigenvalue weighted by Gasteiger charge is -2.28. The molecule has 0 saturated heterocycles. The van der Waals surface area contributed by atoms with E-state index < -0.39 is 0 Å². The van der Waals surface area contributed by atoms with Gasteiger partial charge in [0.25, 0.3) is 0 Å². The van der Waals surface area contributed by atoms with Crippen LogP contribution in [-0.2, 0) is 11.8 Å². The summed E-state index contributed by atoms with van der Waals surface area (Å²) >= 11 is 0. The number of hydrogen-bond donors (Lipinski definition) is 0. The van der Waals surface area contributed by atoms with E-state index in [1.165, 1.54) is 27.6 Å². The molecule has 0 amide bonds. The van der Waals surface area contributed by atoms with Crippen molar-refractivity contribution in [2.24, 2.45) is 0 Å². The van der Waals surface area contributed by atoms with Crippen molar-refractivity contribution >= 4 is 49.8 Å². The van der Waals surface area contributed by atoms with Crippen molar-refractivity contribution in [3.8, 4) is 33.9 Å². The van der Waals surface area contributed by atoms with Crippen molar-refractivity contribution in [2.45, 2.75) is 25.7 Å². The highest BCUT2D eigenvalue weighted by Crippen LogP contribution is 2.51. The Morgan fingerprint density at radius 2 is 1.12 bits per heavy atom. The Balaban J connectivity index is 1.15. The van der Waals surface area contributed by atoms with E-state index in [1.807, 2.05) is 36.4 Å². The van der Waals surface area contributed by atoms with Crippen LogP contribution in [0.1, 0.15) is 36.4 Å². The molecule has 0 aliphatic heterocycles. The molecule has 11 rings (SSSR count). The lowest BCUT2D eigenvalue weighted by atomic mass is 9.82. The van der Waals surface area contributed by atoms with Gasteiger partial charge in [-0.2, -0.15) is 0 Å². The standard InChI is InChI=1S/C53H38N4O/c1-53(2)44-25-15-14-24-42(44)43-28-27-39(32-45(43)53)57(38-21-10-5-11-22-38)40-30-37(49-47(33-40)58-46-29-26-34-16-12-13-23-41(34)50(46)49)31-48-54-51(35-17-6-3-7-18-35)56-52(55-48)36-19-8-4-9-20-36/h3-30,32-33H,31H2,1-2H3. The van der Waals surface area contributed by atoms with Gasteiger partial charge < -0.3 is 9.32 Å². The van der Waals surface area contributed by atoms with Crippen LogP contribution >= 0.6 is 0 Å². The van der Waals surface area contributed by atoms with E-state index in [2.05, 4.69) is 164 Å². The normalized spacial score (nSPS) is 12.9. The Kier molecular flexibility index (Phi) is 7.83. The maximum atomic E-state index is 6.86. The number of fused-ring (bicyclic) bond motifs is 8. The number of para-hydroxylation sites is 1. The predicted octanol–water partition coefficient (Wildman–Crippen LogP) is 13.6. The summed E-state index contributed by atoms with van der Waals surface area (Å²) in [5.41, 5.74) is 12.9. The zero-order chi connectivity index (χ0) is 38.8. The Labute approximate surface area is 336 Å². The third kappa shape index (κ3) is 5.58. The van der Waals surface area contributed by atoms with Crippen molar-refractivity contribution in [1.29, 1.82) is 0 Å². The molecule has 0 saturated carbocycles. The number of aromatic nitrogens is 3. The minimum atomic E-state index is -0.148. The van der Waals surface area contributed by atoms with E-state index in [0.29, 0.717) is 23.9 Å². The van der Waals surface area contributed by atoms with Gasteiger partial charge in [0.2, 0.25) is 0 Å². The second-order valence-corrected chi connectivity index (χ2v) is 15.6. The summed E-state index contributed by atoms with van der Waals surface area (Å²) in [4.78, 5) is 17.7. The van der Waals surface area contributed by atoms with Gasteiger partial charge in [-0.1, -0.05) is 153 Å².